The third-order valence-corrected chi connectivity index (χ3v) is 14.5. The van der Waals surface area contributed by atoms with Crippen LogP contribution in [-0.4, -0.2) is 102 Å². The van der Waals surface area contributed by atoms with Gasteiger partial charge in [-0.15, -0.1) is 0 Å². The van der Waals surface area contributed by atoms with Crippen LogP contribution in [0.15, 0.2) is 103 Å². The van der Waals surface area contributed by atoms with Gasteiger partial charge in [0.25, 0.3) is 0 Å². The van der Waals surface area contributed by atoms with E-state index in [1.54, 1.807) is 30.3 Å². The van der Waals surface area contributed by atoms with Crippen molar-refractivity contribution in [2.24, 2.45) is 5.92 Å². The van der Waals surface area contributed by atoms with Gasteiger partial charge in [0.2, 0.25) is 11.8 Å². The van der Waals surface area contributed by atoms with Gasteiger partial charge >= 0.3 is 12.1 Å². The number of ether oxygens (including phenoxy) is 4. The Labute approximate surface area is 398 Å². The zero-order valence-corrected chi connectivity index (χ0v) is 38.7. The molecule has 1 saturated carbocycles. The van der Waals surface area contributed by atoms with Gasteiger partial charge in [0, 0.05) is 25.8 Å². The number of anilines is 1. The minimum absolute atomic E-state index is 0.0545. The molecule has 0 radical (unpaired) electrons. The van der Waals surface area contributed by atoms with Gasteiger partial charge in [-0.2, -0.15) is 0 Å². The Morgan fingerprint density at radius 3 is 2.06 bits per heavy atom. The number of hydrogen-bond acceptors (Lipinski definition) is 11. The van der Waals surface area contributed by atoms with Crippen LogP contribution in [0.2, 0.25) is 0 Å². The second-order valence-electron chi connectivity index (χ2n) is 18.7. The maximum absolute atomic E-state index is 16.5. The number of morpholine rings is 1. The summed E-state index contributed by atoms with van der Waals surface area (Å²) < 4.78 is 23.5. The Hall–Kier alpha value is -6.04. The summed E-state index contributed by atoms with van der Waals surface area (Å²) in [5.41, 5.74) is -0.0645. The van der Waals surface area contributed by atoms with E-state index < -0.39 is 59.1 Å². The molecule has 6 unspecified atom stereocenters. The van der Waals surface area contributed by atoms with Gasteiger partial charge in [-0.3, -0.25) is 19.3 Å². The lowest BCUT2D eigenvalue weighted by Gasteiger charge is -2.46. The number of aliphatic hydroxyl groups excluding tert-OH is 1. The van der Waals surface area contributed by atoms with Gasteiger partial charge in [-0.25, -0.2) is 9.69 Å². The number of methoxy groups -OCH3 is 1. The Bertz CT molecular complexity index is 2490. The number of cyclic esters (lactones) is 1. The molecule has 4 fully saturated rings. The number of fused-ring (bicyclic) bond motifs is 3. The summed E-state index contributed by atoms with van der Waals surface area (Å²) in [7, 11) is 1.48. The average molecular weight is 924 g/mol. The number of esters is 1. The van der Waals surface area contributed by atoms with Crippen molar-refractivity contribution in [2.75, 3.05) is 51.5 Å². The molecule has 1 aliphatic carbocycles. The molecule has 356 valence electrons. The standard InChI is InChI=1S/C55H61N3O10/c1-65-35-36-67-53(63)57-44-26-21-38(27-30-54(64)28-13-3-4-14-29-54)37-43(44)55(52(57)62)45(50(60)56-31-15-5-2-6-16-32-56)47-51(61)68-48(40-19-11-8-12-20-40)46(39-17-9-7-10-18-39)58(47)49(55)41-22-24-42(25-23-41)66-34-33-59/h7-12,17-26,37,45-49,59,64H,2-6,13-16,28-29,31-36H2,1H3. The van der Waals surface area contributed by atoms with E-state index in [9.17, 15) is 15.0 Å². The Kier molecular flexibility index (Phi) is 14.3. The van der Waals surface area contributed by atoms with E-state index in [0.29, 0.717) is 48.4 Å². The van der Waals surface area contributed by atoms with Gasteiger partial charge in [0.1, 0.15) is 42.1 Å². The Morgan fingerprint density at radius 1 is 0.750 bits per heavy atom. The predicted molar refractivity (Wildman–Crippen MR) is 253 cm³/mol. The fourth-order valence-electron chi connectivity index (χ4n) is 11.4. The summed E-state index contributed by atoms with van der Waals surface area (Å²) in [6.45, 7) is 0.644. The second-order valence-corrected chi connectivity index (χ2v) is 18.7. The zero-order chi connectivity index (χ0) is 47.3. The monoisotopic (exact) mass is 923 g/mol. The maximum Gasteiger partial charge on any atom is 0.421 e. The highest BCUT2D eigenvalue weighted by molar-refractivity contribution is 6.23. The summed E-state index contributed by atoms with van der Waals surface area (Å²) in [5.74, 6) is 3.74. The summed E-state index contributed by atoms with van der Waals surface area (Å²) in [6, 6.07) is 28.3. The number of aliphatic hydroxyl groups is 2. The molecular formula is C55H61N3O10. The molecule has 4 aromatic rings. The van der Waals surface area contributed by atoms with Crippen LogP contribution in [0.25, 0.3) is 0 Å². The Balaban J connectivity index is 1.34. The fourth-order valence-corrected chi connectivity index (χ4v) is 11.4. The van der Waals surface area contributed by atoms with Crippen LogP contribution in [0, 0.1) is 17.8 Å². The molecule has 0 bridgehead atoms. The van der Waals surface area contributed by atoms with Crippen molar-refractivity contribution in [3.8, 4) is 17.6 Å². The summed E-state index contributed by atoms with van der Waals surface area (Å²) >= 11 is 0. The van der Waals surface area contributed by atoms with Crippen LogP contribution in [0.4, 0.5) is 10.5 Å². The quantitative estimate of drug-likeness (QED) is 0.0695. The van der Waals surface area contributed by atoms with Crippen molar-refractivity contribution >= 4 is 29.6 Å². The third kappa shape index (κ3) is 8.91. The summed E-state index contributed by atoms with van der Waals surface area (Å²) in [6.07, 6.45) is 7.35. The number of imide groups is 1. The molecule has 4 aromatic carbocycles. The highest BCUT2D eigenvalue weighted by Gasteiger charge is 2.76. The van der Waals surface area contributed by atoms with Gasteiger partial charge in [-0.05, 0) is 91.1 Å². The lowest BCUT2D eigenvalue weighted by Crippen LogP contribution is -2.56. The van der Waals surface area contributed by atoms with E-state index in [1.165, 1.54) is 7.11 Å². The maximum atomic E-state index is 16.5. The molecule has 1 spiro atoms. The first kappa shape index (κ1) is 47.0. The second kappa shape index (κ2) is 20.7. The number of carbonyl (C=O) groups excluding carboxylic acids is 4. The molecule has 9 rings (SSSR count). The third-order valence-electron chi connectivity index (χ3n) is 14.5. The van der Waals surface area contributed by atoms with Crippen LogP contribution in [-0.2, 0) is 34.0 Å². The van der Waals surface area contributed by atoms with Gasteiger partial charge in [0.05, 0.1) is 36.9 Å². The first-order chi connectivity index (χ1) is 33.2. The lowest BCUT2D eigenvalue weighted by molar-refractivity contribution is -0.179. The van der Waals surface area contributed by atoms with Gasteiger partial charge in [-0.1, -0.05) is 117 Å². The lowest BCUT2D eigenvalue weighted by atomic mass is 9.64. The normalized spacial score (nSPS) is 25.8. The molecule has 0 aromatic heterocycles. The SMILES string of the molecule is COCCOC(=O)N1C(=O)C2(c3cc(C#CC4(O)CCCCCC4)ccc31)C(C(=O)N1CCCCCCC1)C1C(=O)OC(c3ccccc3)C(c3ccccc3)N1C2c1ccc(OCCO)cc1. The van der Waals surface area contributed by atoms with Crippen molar-refractivity contribution in [1.82, 2.24) is 9.80 Å². The number of hydrogen-bond donors (Lipinski definition) is 2. The van der Waals surface area contributed by atoms with Crippen molar-refractivity contribution in [1.29, 1.82) is 0 Å². The Morgan fingerprint density at radius 2 is 1.40 bits per heavy atom. The van der Waals surface area contributed by atoms with E-state index in [2.05, 4.69) is 11.8 Å². The van der Waals surface area contributed by atoms with Crippen molar-refractivity contribution < 1.29 is 48.3 Å². The van der Waals surface area contributed by atoms with Gasteiger partial charge in [0.15, 0.2) is 0 Å². The molecule has 13 nitrogen and oxygen atoms in total. The van der Waals surface area contributed by atoms with E-state index in [4.69, 9.17) is 18.9 Å². The minimum Gasteiger partial charge on any atom is -0.491 e. The van der Waals surface area contributed by atoms with Crippen LogP contribution < -0.4 is 9.64 Å². The summed E-state index contributed by atoms with van der Waals surface area (Å²) in [4.78, 5) is 67.7. The van der Waals surface area contributed by atoms with Crippen LogP contribution in [0.5, 0.6) is 5.75 Å². The van der Waals surface area contributed by atoms with Crippen molar-refractivity contribution in [2.45, 2.75) is 106 Å². The highest BCUT2D eigenvalue weighted by Crippen LogP contribution is 2.66. The van der Waals surface area contributed by atoms with E-state index in [1.807, 2.05) is 82.6 Å². The molecule has 3 amide bonds. The van der Waals surface area contributed by atoms with E-state index in [-0.39, 0.29) is 38.0 Å². The molecule has 68 heavy (non-hydrogen) atoms. The molecule has 13 heteroatoms. The number of nitrogens with zero attached hydrogens (tertiary/aromatic N) is 3. The summed E-state index contributed by atoms with van der Waals surface area (Å²) in [5, 5.41) is 21.4. The number of carbonyl (C=O) groups is 4. The molecule has 4 aliphatic heterocycles. The smallest absolute Gasteiger partial charge is 0.421 e. The fraction of sp³-hybridized carbons (Fsp3) is 0.455. The van der Waals surface area contributed by atoms with Crippen molar-refractivity contribution in [3.63, 3.8) is 0 Å². The van der Waals surface area contributed by atoms with Crippen LogP contribution in [0.3, 0.4) is 0 Å². The number of amides is 3. The van der Waals surface area contributed by atoms with Crippen LogP contribution in [0.1, 0.15) is 117 Å². The molecule has 3 saturated heterocycles. The van der Waals surface area contributed by atoms with Crippen LogP contribution >= 0.6 is 0 Å². The molecular weight excluding hydrogens is 863 g/mol. The van der Waals surface area contributed by atoms with E-state index in [0.717, 1.165) is 73.8 Å². The first-order valence-corrected chi connectivity index (χ1v) is 24.3. The number of rotatable bonds is 10. The van der Waals surface area contributed by atoms with E-state index >= 15 is 14.4 Å². The molecule has 4 heterocycles. The first-order valence-electron chi connectivity index (χ1n) is 24.3. The highest BCUT2D eigenvalue weighted by atomic mass is 16.6. The predicted octanol–water partition coefficient (Wildman–Crippen LogP) is 7.74. The largest absolute Gasteiger partial charge is 0.491 e. The van der Waals surface area contributed by atoms with Gasteiger partial charge < -0.3 is 34.1 Å². The minimum atomic E-state index is -1.97. The number of likely N-dealkylation sites (tertiary alicyclic amines) is 1. The molecule has 2 N–H and O–H groups in total. The molecule has 5 aliphatic rings. The zero-order valence-electron chi connectivity index (χ0n) is 38.7. The molecule has 6 atom stereocenters. The van der Waals surface area contributed by atoms with Crippen molar-refractivity contribution in [3.05, 3.63) is 131 Å². The topological polar surface area (TPSA) is 155 Å². The average Bonchev–Trinajstić information content (AvgIpc) is 3.68. The number of benzene rings is 4.